The summed E-state index contributed by atoms with van der Waals surface area (Å²) >= 11 is 0. The minimum atomic E-state index is -0.202. The van der Waals surface area contributed by atoms with E-state index < -0.39 is 0 Å². The van der Waals surface area contributed by atoms with Crippen LogP contribution in [-0.4, -0.2) is 49.2 Å². The maximum atomic E-state index is 9.41. The van der Waals surface area contributed by atoms with Crippen LogP contribution in [0, 0.1) is 0 Å². The van der Waals surface area contributed by atoms with Crippen LogP contribution >= 0.6 is 0 Å². The monoisotopic (exact) mass is 261 g/mol. The summed E-state index contributed by atoms with van der Waals surface area (Å²) in [5.41, 5.74) is -0.202. The van der Waals surface area contributed by atoms with Crippen LogP contribution in [0.1, 0.15) is 47.5 Å². The molecule has 110 valence electrons. The van der Waals surface area contributed by atoms with E-state index in [1.54, 1.807) is 0 Å². The van der Waals surface area contributed by atoms with E-state index in [1.165, 1.54) is 0 Å². The van der Waals surface area contributed by atoms with E-state index in [4.69, 9.17) is 9.47 Å². The maximum Gasteiger partial charge on any atom is 0.0703 e. The van der Waals surface area contributed by atoms with Gasteiger partial charge in [-0.05, 0) is 33.6 Å². The van der Waals surface area contributed by atoms with Gasteiger partial charge in [0.15, 0.2) is 0 Å². The number of aliphatic hydroxyl groups is 1. The molecule has 2 N–H and O–H groups in total. The summed E-state index contributed by atoms with van der Waals surface area (Å²) in [4.78, 5) is 0. The molecule has 0 aromatic rings. The zero-order valence-corrected chi connectivity index (χ0v) is 12.7. The Kier molecular flexibility index (Phi) is 9.64. The second-order valence-corrected chi connectivity index (χ2v) is 5.65. The van der Waals surface area contributed by atoms with E-state index in [0.717, 1.165) is 19.4 Å². The van der Waals surface area contributed by atoms with Crippen LogP contribution in [0.2, 0.25) is 0 Å². The first-order chi connectivity index (χ1) is 8.39. The van der Waals surface area contributed by atoms with Crippen LogP contribution in [0.15, 0.2) is 0 Å². The van der Waals surface area contributed by atoms with Crippen LogP contribution in [-0.2, 0) is 9.47 Å². The number of ether oxygens (including phenoxy) is 2. The van der Waals surface area contributed by atoms with Gasteiger partial charge in [0.05, 0.1) is 25.9 Å². The summed E-state index contributed by atoms with van der Waals surface area (Å²) in [6, 6.07) is 0.377. The molecule has 0 radical (unpaired) electrons. The van der Waals surface area contributed by atoms with Gasteiger partial charge in [0, 0.05) is 18.2 Å². The average Bonchev–Trinajstić information content (AvgIpc) is 2.26. The topological polar surface area (TPSA) is 50.7 Å². The Hall–Kier alpha value is -0.160. The Morgan fingerprint density at radius 3 is 2.28 bits per heavy atom. The molecule has 0 fully saturated rings. The molecule has 0 saturated carbocycles. The SMILES string of the molecule is CC(C)NC(C)(CO)CCCOCCOC(C)C. The fourth-order valence-electron chi connectivity index (χ4n) is 1.90. The van der Waals surface area contributed by atoms with Crippen LogP contribution in [0.25, 0.3) is 0 Å². The first-order valence-electron chi connectivity index (χ1n) is 6.97. The largest absolute Gasteiger partial charge is 0.394 e. The Morgan fingerprint density at radius 1 is 1.11 bits per heavy atom. The van der Waals surface area contributed by atoms with Crippen molar-refractivity contribution in [3.05, 3.63) is 0 Å². The molecule has 0 bridgehead atoms. The molecule has 18 heavy (non-hydrogen) atoms. The molecule has 0 aliphatic carbocycles. The molecule has 0 aromatic carbocycles. The highest BCUT2D eigenvalue weighted by Gasteiger charge is 2.22. The van der Waals surface area contributed by atoms with Crippen molar-refractivity contribution in [2.24, 2.45) is 0 Å². The summed E-state index contributed by atoms with van der Waals surface area (Å²) in [6.07, 6.45) is 2.12. The van der Waals surface area contributed by atoms with Gasteiger partial charge in [0.2, 0.25) is 0 Å². The molecule has 0 spiro atoms. The fraction of sp³-hybridized carbons (Fsp3) is 1.00. The van der Waals surface area contributed by atoms with Crippen molar-refractivity contribution in [3.63, 3.8) is 0 Å². The Balaban J connectivity index is 3.56. The summed E-state index contributed by atoms with van der Waals surface area (Å²) in [5, 5.41) is 12.8. The van der Waals surface area contributed by atoms with E-state index in [2.05, 4.69) is 26.1 Å². The third kappa shape index (κ3) is 9.83. The molecular weight excluding hydrogens is 230 g/mol. The summed E-state index contributed by atoms with van der Waals surface area (Å²) in [7, 11) is 0. The second-order valence-electron chi connectivity index (χ2n) is 5.65. The van der Waals surface area contributed by atoms with Crippen LogP contribution < -0.4 is 5.32 Å². The molecular formula is C14H31NO3. The van der Waals surface area contributed by atoms with Crippen molar-refractivity contribution < 1.29 is 14.6 Å². The standard InChI is InChI=1S/C14H31NO3/c1-12(2)15-14(5,11-16)7-6-8-17-9-10-18-13(3)4/h12-13,15-16H,6-11H2,1-5H3. The lowest BCUT2D eigenvalue weighted by Crippen LogP contribution is -2.49. The van der Waals surface area contributed by atoms with Gasteiger partial charge in [-0.25, -0.2) is 0 Å². The Bertz CT molecular complexity index is 197. The molecule has 4 nitrogen and oxygen atoms in total. The van der Waals surface area contributed by atoms with Crippen molar-refractivity contribution in [1.29, 1.82) is 0 Å². The highest BCUT2D eigenvalue weighted by atomic mass is 16.5. The molecule has 0 amide bonds. The van der Waals surface area contributed by atoms with Gasteiger partial charge in [-0.2, -0.15) is 0 Å². The third-order valence-electron chi connectivity index (χ3n) is 2.68. The molecule has 4 heteroatoms. The van der Waals surface area contributed by atoms with Gasteiger partial charge in [0.1, 0.15) is 0 Å². The first-order valence-corrected chi connectivity index (χ1v) is 6.97. The number of hydrogen-bond donors (Lipinski definition) is 2. The lowest BCUT2D eigenvalue weighted by atomic mass is 9.96. The predicted molar refractivity (Wildman–Crippen MR) is 74.9 cm³/mol. The second kappa shape index (κ2) is 9.73. The maximum absolute atomic E-state index is 9.41. The van der Waals surface area contributed by atoms with Crippen molar-refractivity contribution >= 4 is 0 Å². The van der Waals surface area contributed by atoms with Gasteiger partial charge in [0.25, 0.3) is 0 Å². The molecule has 0 aromatic heterocycles. The minimum absolute atomic E-state index is 0.154. The van der Waals surface area contributed by atoms with Crippen molar-refractivity contribution in [2.45, 2.75) is 65.1 Å². The molecule has 0 heterocycles. The van der Waals surface area contributed by atoms with E-state index in [9.17, 15) is 5.11 Å². The molecule has 1 unspecified atom stereocenters. The smallest absolute Gasteiger partial charge is 0.0703 e. The van der Waals surface area contributed by atoms with Gasteiger partial charge < -0.3 is 19.9 Å². The summed E-state index contributed by atoms with van der Waals surface area (Å²) in [6.45, 7) is 12.4. The quantitative estimate of drug-likeness (QED) is 0.558. The van der Waals surface area contributed by atoms with E-state index in [1.807, 2.05) is 13.8 Å². The first kappa shape index (κ1) is 17.8. The van der Waals surface area contributed by atoms with Gasteiger partial charge >= 0.3 is 0 Å². The highest BCUT2D eigenvalue weighted by Crippen LogP contribution is 2.12. The van der Waals surface area contributed by atoms with Crippen molar-refractivity contribution in [2.75, 3.05) is 26.4 Å². The van der Waals surface area contributed by atoms with Crippen molar-refractivity contribution in [3.8, 4) is 0 Å². The zero-order valence-electron chi connectivity index (χ0n) is 12.7. The van der Waals surface area contributed by atoms with E-state index >= 15 is 0 Å². The van der Waals surface area contributed by atoms with E-state index in [-0.39, 0.29) is 18.2 Å². The molecule has 0 saturated heterocycles. The highest BCUT2D eigenvalue weighted by molar-refractivity contribution is 4.83. The predicted octanol–water partition coefficient (Wildman–Crippen LogP) is 1.96. The summed E-state index contributed by atoms with van der Waals surface area (Å²) in [5.74, 6) is 0. The number of nitrogens with one attached hydrogen (secondary N) is 1. The van der Waals surface area contributed by atoms with Crippen molar-refractivity contribution in [1.82, 2.24) is 5.32 Å². The lowest BCUT2D eigenvalue weighted by Gasteiger charge is -2.31. The number of rotatable bonds is 11. The van der Waals surface area contributed by atoms with Gasteiger partial charge in [-0.1, -0.05) is 13.8 Å². The average molecular weight is 261 g/mol. The molecule has 0 aliphatic heterocycles. The van der Waals surface area contributed by atoms with E-state index in [0.29, 0.717) is 19.3 Å². The minimum Gasteiger partial charge on any atom is -0.394 e. The van der Waals surface area contributed by atoms with Crippen LogP contribution in [0.3, 0.4) is 0 Å². The third-order valence-corrected chi connectivity index (χ3v) is 2.68. The molecule has 1 atom stereocenters. The summed E-state index contributed by atoms with van der Waals surface area (Å²) < 4.78 is 10.9. The Labute approximate surface area is 112 Å². The zero-order chi connectivity index (χ0) is 14.0. The van der Waals surface area contributed by atoms with Crippen LogP contribution in [0.5, 0.6) is 0 Å². The number of hydrogen-bond acceptors (Lipinski definition) is 4. The van der Waals surface area contributed by atoms with Crippen LogP contribution in [0.4, 0.5) is 0 Å². The Morgan fingerprint density at radius 2 is 1.78 bits per heavy atom. The molecule has 0 rings (SSSR count). The number of aliphatic hydroxyl groups excluding tert-OH is 1. The van der Waals surface area contributed by atoms with Gasteiger partial charge in [-0.15, -0.1) is 0 Å². The lowest BCUT2D eigenvalue weighted by molar-refractivity contribution is 0.0166. The fourth-order valence-corrected chi connectivity index (χ4v) is 1.90. The van der Waals surface area contributed by atoms with Gasteiger partial charge in [-0.3, -0.25) is 0 Å². The molecule has 0 aliphatic rings. The normalized spacial score (nSPS) is 15.3.